The van der Waals surface area contributed by atoms with Gasteiger partial charge in [-0.3, -0.25) is 9.59 Å². The number of methoxy groups -OCH3 is 1. The highest BCUT2D eigenvalue weighted by atomic mass is 16.5. The van der Waals surface area contributed by atoms with Crippen LogP contribution in [0, 0.1) is 0 Å². The van der Waals surface area contributed by atoms with Gasteiger partial charge in [-0.25, -0.2) is 4.68 Å². The van der Waals surface area contributed by atoms with E-state index in [1.165, 1.54) is 11.6 Å². The van der Waals surface area contributed by atoms with E-state index in [4.69, 9.17) is 9.84 Å². The summed E-state index contributed by atoms with van der Waals surface area (Å²) in [6.45, 7) is -0.504. The maximum atomic E-state index is 12.1. The highest BCUT2D eigenvalue weighted by molar-refractivity contribution is 5.66. The summed E-state index contributed by atoms with van der Waals surface area (Å²) < 4.78 is 7.25. The van der Waals surface area contributed by atoms with Crippen LogP contribution >= 0.6 is 0 Å². The van der Waals surface area contributed by atoms with Gasteiger partial charge < -0.3 is 9.84 Å². The molecule has 0 unspecified atom stereocenters. The molecule has 2 aromatic heterocycles. The molecule has 1 aliphatic rings. The molecule has 0 amide bonds. The Bertz CT molecular complexity index is 713. The van der Waals surface area contributed by atoms with Crippen molar-refractivity contribution in [2.45, 2.75) is 25.3 Å². The molecule has 0 saturated heterocycles. The Balaban J connectivity index is 2.21. The summed E-state index contributed by atoms with van der Waals surface area (Å²) in [6.07, 6.45) is 2.12. The molecule has 0 spiro atoms. The van der Waals surface area contributed by atoms with Gasteiger partial charge in [0.05, 0.1) is 12.8 Å². The number of carbonyl (C=O) groups is 1. The van der Waals surface area contributed by atoms with E-state index < -0.39 is 18.1 Å². The van der Waals surface area contributed by atoms with E-state index >= 15 is 0 Å². The zero-order chi connectivity index (χ0) is 13.6. The SMILES string of the molecule is COc1nn(CC(=O)O)c(=O)c2cc(C3CC3)nn12. The number of ether oxygens (including phenoxy) is 1. The van der Waals surface area contributed by atoms with E-state index in [0.717, 1.165) is 23.2 Å². The Kier molecular flexibility index (Phi) is 2.51. The standard InChI is InChI=1S/C11H12N4O4/c1-19-11-13-14(5-9(16)17)10(18)8-4-7(6-2-3-6)12-15(8)11/h4,6H,2-3,5H2,1H3,(H,16,17). The molecule has 1 aliphatic carbocycles. The van der Waals surface area contributed by atoms with Crippen LogP contribution in [0.25, 0.3) is 5.52 Å². The number of rotatable bonds is 4. The lowest BCUT2D eigenvalue weighted by molar-refractivity contribution is -0.138. The number of aromatic nitrogens is 4. The Morgan fingerprint density at radius 1 is 1.53 bits per heavy atom. The summed E-state index contributed by atoms with van der Waals surface area (Å²) in [5, 5.41) is 16.9. The minimum Gasteiger partial charge on any atom is -0.480 e. The zero-order valence-electron chi connectivity index (χ0n) is 10.2. The molecule has 1 fully saturated rings. The highest BCUT2D eigenvalue weighted by Gasteiger charge is 2.28. The Morgan fingerprint density at radius 3 is 2.84 bits per heavy atom. The van der Waals surface area contributed by atoms with Crippen LogP contribution in [0.2, 0.25) is 0 Å². The second kappa shape index (κ2) is 4.08. The summed E-state index contributed by atoms with van der Waals surface area (Å²) in [5.74, 6) is -0.750. The molecule has 3 rings (SSSR count). The molecule has 100 valence electrons. The monoisotopic (exact) mass is 264 g/mol. The van der Waals surface area contributed by atoms with Crippen molar-refractivity contribution in [3.8, 4) is 6.01 Å². The average molecular weight is 264 g/mol. The number of nitrogens with zero attached hydrogens (tertiary/aromatic N) is 4. The van der Waals surface area contributed by atoms with E-state index in [1.807, 2.05) is 0 Å². The van der Waals surface area contributed by atoms with Crippen LogP contribution < -0.4 is 10.3 Å². The van der Waals surface area contributed by atoms with Gasteiger partial charge in [-0.1, -0.05) is 0 Å². The third-order valence-electron chi connectivity index (χ3n) is 3.03. The first-order valence-electron chi connectivity index (χ1n) is 5.86. The number of hydrogen-bond donors (Lipinski definition) is 1. The molecule has 0 bridgehead atoms. The molecular weight excluding hydrogens is 252 g/mol. The molecule has 0 aromatic carbocycles. The van der Waals surface area contributed by atoms with Crippen molar-refractivity contribution < 1.29 is 14.6 Å². The van der Waals surface area contributed by atoms with Crippen molar-refractivity contribution in [1.82, 2.24) is 19.4 Å². The van der Waals surface area contributed by atoms with Crippen molar-refractivity contribution in [3.63, 3.8) is 0 Å². The van der Waals surface area contributed by atoms with Gasteiger partial charge in [-0.15, -0.1) is 5.10 Å². The molecular formula is C11H12N4O4. The average Bonchev–Trinajstić information content (AvgIpc) is 3.12. The van der Waals surface area contributed by atoms with E-state index in [2.05, 4.69) is 10.2 Å². The third kappa shape index (κ3) is 1.94. The second-order valence-electron chi connectivity index (χ2n) is 4.48. The Morgan fingerprint density at radius 2 is 2.26 bits per heavy atom. The summed E-state index contributed by atoms with van der Waals surface area (Å²) >= 11 is 0. The quantitative estimate of drug-likeness (QED) is 0.825. The van der Waals surface area contributed by atoms with Crippen molar-refractivity contribution in [2.75, 3.05) is 7.11 Å². The zero-order valence-corrected chi connectivity index (χ0v) is 10.2. The molecule has 19 heavy (non-hydrogen) atoms. The van der Waals surface area contributed by atoms with Crippen molar-refractivity contribution in [2.24, 2.45) is 0 Å². The topological polar surface area (TPSA) is 98.7 Å². The van der Waals surface area contributed by atoms with Crippen LogP contribution in [0.15, 0.2) is 10.9 Å². The van der Waals surface area contributed by atoms with Crippen LogP contribution in [-0.4, -0.2) is 37.6 Å². The molecule has 1 N–H and O–H groups in total. The van der Waals surface area contributed by atoms with Gasteiger partial charge in [0, 0.05) is 5.92 Å². The summed E-state index contributed by atoms with van der Waals surface area (Å²) in [6, 6.07) is 1.78. The maximum Gasteiger partial charge on any atom is 0.335 e. The predicted molar refractivity (Wildman–Crippen MR) is 63.4 cm³/mol. The molecule has 8 nitrogen and oxygen atoms in total. The lowest BCUT2D eigenvalue weighted by Gasteiger charge is -2.05. The van der Waals surface area contributed by atoms with Crippen LogP contribution in [0.5, 0.6) is 6.01 Å². The summed E-state index contributed by atoms with van der Waals surface area (Å²) in [5.41, 5.74) is 0.628. The van der Waals surface area contributed by atoms with Crippen LogP contribution in [0.4, 0.5) is 0 Å². The van der Waals surface area contributed by atoms with Crippen molar-refractivity contribution in [3.05, 3.63) is 22.1 Å². The molecule has 2 aromatic rings. The fourth-order valence-electron chi connectivity index (χ4n) is 1.96. The number of hydrogen-bond acceptors (Lipinski definition) is 5. The smallest absolute Gasteiger partial charge is 0.335 e. The minimum atomic E-state index is -1.14. The van der Waals surface area contributed by atoms with Gasteiger partial charge in [-0.2, -0.15) is 9.61 Å². The largest absolute Gasteiger partial charge is 0.480 e. The van der Waals surface area contributed by atoms with E-state index in [0.29, 0.717) is 5.92 Å². The number of carboxylic acid groups (broad SMARTS) is 1. The van der Waals surface area contributed by atoms with Gasteiger partial charge in [0.15, 0.2) is 0 Å². The van der Waals surface area contributed by atoms with E-state index in [-0.39, 0.29) is 11.5 Å². The van der Waals surface area contributed by atoms with Crippen LogP contribution in [0.1, 0.15) is 24.5 Å². The maximum absolute atomic E-state index is 12.1. The Hall–Kier alpha value is -2.38. The normalized spacial score (nSPS) is 14.8. The third-order valence-corrected chi connectivity index (χ3v) is 3.03. The first-order valence-corrected chi connectivity index (χ1v) is 5.86. The van der Waals surface area contributed by atoms with Crippen molar-refractivity contribution >= 4 is 11.5 Å². The van der Waals surface area contributed by atoms with Gasteiger partial charge in [0.25, 0.3) is 5.56 Å². The molecule has 8 heteroatoms. The van der Waals surface area contributed by atoms with Crippen LogP contribution in [0.3, 0.4) is 0 Å². The number of fused-ring (bicyclic) bond motifs is 1. The van der Waals surface area contributed by atoms with Crippen LogP contribution in [-0.2, 0) is 11.3 Å². The summed E-state index contributed by atoms with van der Waals surface area (Å²) in [7, 11) is 1.40. The lowest BCUT2D eigenvalue weighted by Crippen LogP contribution is -2.28. The van der Waals surface area contributed by atoms with Gasteiger partial charge in [-0.05, 0) is 18.9 Å². The van der Waals surface area contributed by atoms with E-state index in [1.54, 1.807) is 6.07 Å². The molecule has 1 saturated carbocycles. The molecule has 0 aliphatic heterocycles. The minimum absolute atomic E-state index is 0.0998. The number of carboxylic acids is 1. The molecule has 0 atom stereocenters. The first-order chi connectivity index (χ1) is 9.10. The fraction of sp³-hybridized carbons (Fsp3) is 0.455. The van der Waals surface area contributed by atoms with Gasteiger partial charge >= 0.3 is 12.0 Å². The van der Waals surface area contributed by atoms with Gasteiger partial charge in [0.1, 0.15) is 12.1 Å². The highest BCUT2D eigenvalue weighted by Crippen LogP contribution is 2.39. The molecule has 0 radical (unpaired) electrons. The van der Waals surface area contributed by atoms with E-state index in [9.17, 15) is 9.59 Å². The first kappa shape index (κ1) is 11.7. The lowest BCUT2D eigenvalue weighted by atomic mass is 10.3. The second-order valence-corrected chi connectivity index (χ2v) is 4.48. The van der Waals surface area contributed by atoms with Crippen molar-refractivity contribution in [1.29, 1.82) is 0 Å². The number of aliphatic carboxylic acids is 1. The fourth-order valence-corrected chi connectivity index (χ4v) is 1.96. The Labute approximate surface area is 107 Å². The molecule has 2 heterocycles. The van der Waals surface area contributed by atoms with Gasteiger partial charge in [0.2, 0.25) is 0 Å². The predicted octanol–water partition coefficient (Wildman–Crippen LogP) is -0.138. The summed E-state index contributed by atoms with van der Waals surface area (Å²) in [4.78, 5) is 22.8.